The second kappa shape index (κ2) is 66.1. The second-order valence-corrected chi connectivity index (χ2v) is 21.2. The molecule has 0 aliphatic carbocycles. The molecule has 448 valence electrons. The smallest absolute Gasteiger partial charge is 0.306 e. The molecule has 0 bridgehead atoms. The molecule has 0 radical (unpaired) electrons. The van der Waals surface area contributed by atoms with Crippen molar-refractivity contribution >= 4 is 17.9 Å². The molecule has 0 saturated carbocycles. The molecular formula is C73H120O6. The molecule has 0 aromatic carbocycles. The predicted molar refractivity (Wildman–Crippen MR) is 343 cm³/mol. The zero-order chi connectivity index (χ0) is 57.1. The molecule has 0 N–H and O–H groups in total. The summed E-state index contributed by atoms with van der Waals surface area (Å²) >= 11 is 0. The average molecular weight is 1090 g/mol. The molecule has 1 unspecified atom stereocenters. The van der Waals surface area contributed by atoms with Crippen LogP contribution in [0.3, 0.4) is 0 Å². The fraction of sp³-hybridized carbons (Fsp3) is 0.658. The van der Waals surface area contributed by atoms with Crippen LogP contribution in [0, 0.1) is 0 Å². The summed E-state index contributed by atoms with van der Waals surface area (Å²) in [6.45, 7) is 6.27. The monoisotopic (exact) mass is 1090 g/mol. The van der Waals surface area contributed by atoms with E-state index in [1.807, 2.05) is 0 Å². The Morgan fingerprint density at radius 2 is 0.456 bits per heavy atom. The van der Waals surface area contributed by atoms with E-state index < -0.39 is 6.10 Å². The Hall–Kier alpha value is -4.45. The van der Waals surface area contributed by atoms with Gasteiger partial charge >= 0.3 is 17.9 Å². The number of carbonyl (C=O) groups excluding carboxylic acids is 3. The molecule has 1 atom stereocenters. The summed E-state index contributed by atoms with van der Waals surface area (Å²) in [6, 6.07) is 0. The molecule has 0 aromatic heterocycles. The highest BCUT2D eigenvalue weighted by atomic mass is 16.6. The van der Waals surface area contributed by atoms with Gasteiger partial charge < -0.3 is 14.2 Å². The molecular weight excluding hydrogens is 973 g/mol. The van der Waals surface area contributed by atoms with Crippen molar-refractivity contribution in [2.75, 3.05) is 13.2 Å². The van der Waals surface area contributed by atoms with Crippen LogP contribution in [0.15, 0.2) is 134 Å². The van der Waals surface area contributed by atoms with Gasteiger partial charge in [0, 0.05) is 19.3 Å². The van der Waals surface area contributed by atoms with Gasteiger partial charge in [0.05, 0.1) is 0 Å². The Labute approximate surface area is 487 Å². The van der Waals surface area contributed by atoms with Crippen LogP contribution in [0.1, 0.15) is 290 Å². The van der Waals surface area contributed by atoms with E-state index in [4.69, 9.17) is 14.2 Å². The van der Waals surface area contributed by atoms with Gasteiger partial charge in [-0.15, -0.1) is 0 Å². The third-order valence-electron chi connectivity index (χ3n) is 13.6. The van der Waals surface area contributed by atoms with E-state index in [9.17, 15) is 14.4 Å². The summed E-state index contributed by atoms with van der Waals surface area (Å²) in [5.74, 6) is -0.940. The van der Waals surface area contributed by atoms with E-state index in [2.05, 4.69) is 154 Å². The van der Waals surface area contributed by atoms with E-state index in [1.165, 1.54) is 96.3 Å². The minimum atomic E-state index is -0.802. The molecule has 0 saturated heterocycles. The Morgan fingerprint density at radius 3 is 0.722 bits per heavy atom. The third-order valence-corrected chi connectivity index (χ3v) is 13.6. The minimum Gasteiger partial charge on any atom is -0.462 e. The van der Waals surface area contributed by atoms with Gasteiger partial charge in [0.2, 0.25) is 0 Å². The maximum absolute atomic E-state index is 12.9. The summed E-state index contributed by atoms with van der Waals surface area (Å²) in [6.07, 6.45) is 93.4. The van der Waals surface area contributed by atoms with Crippen molar-refractivity contribution in [1.82, 2.24) is 0 Å². The summed E-state index contributed by atoms with van der Waals surface area (Å²) in [7, 11) is 0. The highest BCUT2D eigenvalue weighted by Crippen LogP contribution is 2.16. The summed E-state index contributed by atoms with van der Waals surface area (Å²) in [5, 5.41) is 0. The number of unbranched alkanes of at least 4 members (excludes halogenated alkanes) is 25. The van der Waals surface area contributed by atoms with E-state index in [1.54, 1.807) is 0 Å². The van der Waals surface area contributed by atoms with Crippen LogP contribution in [-0.2, 0) is 28.6 Å². The summed E-state index contributed by atoms with van der Waals surface area (Å²) < 4.78 is 16.9. The van der Waals surface area contributed by atoms with Gasteiger partial charge in [-0.1, -0.05) is 276 Å². The van der Waals surface area contributed by atoms with E-state index >= 15 is 0 Å². The third kappa shape index (κ3) is 64.3. The first-order valence-corrected chi connectivity index (χ1v) is 32.7. The van der Waals surface area contributed by atoms with Crippen LogP contribution in [-0.4, -0.2) is 37.2 Å². The van der Waals surface area contributed by atoms with E-state index in [0.29, 0.717) is 19.3 Å². The lowest BCUT2D eigenvalue weighted by Gasteiger charge is -2.18. The molecule has 79 heavy (non-hydrogen) atoms. The fourth-order valence-corrected chi connectivity index (χ4v) is 8.85. The quantitative estimate of drug-likeness (QED) is 0.0261. The second-order valence-electron chi connectivity index (χ2n) is 21.2. The Bertz CT molecular complexity index is 1680. The van der Waals surface area contributed by atoms with Crippen molar-refractivity contribution in [3.05, 3.63) is 134 Å². The zero-order valence-electron chi connectivity index (χ0n) is 51.3. The van der Waals surface area contributed by atoms with Gasteiger partial charge in [-0.05, 0) is 128 Å². The van der Waals surface area contributed by atoms with Crippen molar-refractivity contribution < 1.29 is 28.6 Å². The van der Waals surface area contributed by atoms with Crippen LogP contribution in [0.4, 0.5) is 0 Å². The molecule has 6 heteroatoms. The van der Waals surface area contributed by atoms with Crippen LogP contribution >= 0.6 is 0 Å². The Morgan fingerprint density at radius 1 is 0.253 bits per heavy atom. The normalized spacial score (nSPS) is 13.0. The number of rotatable bonds is 58. The highest BCUT2D eigenvalue weighted by Gasteiger charge is 2.19. The number of hydrogen-bond donors (Lipinski definition) is 0. The van der Waals surface area contributed by atoms with Gasteiger partial charge in [0.25, 0.3) is 0 Å². The first-order valence-electron chi connectivity index (χ1n) is 32.7. The van der Waals surface area contributed by atoms with Gasteiger partial charge in [-0.3, -0.25) is 14.4 Å². The lowest BCUT2D eigenvalue weighted by Crippen LogP contribution is -2.30. The van der Waals surface area contributed by atoms with Crippen molar-refractivity contribution in [1.29, 1.82) is 0 Å². The maximum atomic E-state index is 12.9. The van der Waals surface area contributed by atoms with Crippen molar-refractivity contribution in [3.8, 4) is 0 Å². The van der Waals surface area contributed by atoms with E-state index in [0.717, 1.165) is 154 Å². The molecule has 0 aliphatic heterocycles. The molecule has 0 spiro atoms. The van der Waals surface area contributed by atoms with Crippen LogP contribution in [0.2, 0.25) is 0 Å². The topological polar surface area (TPSA) is 78.9 Å². The number of allylic oxidation sites excluding steroid dienone is 22. The van der Waals surface area contributed by atoms with Crippen molar-refractivity contribution in [2.24, 2.45) is 0 Å². The number of ether oxygens (including phenoxy) is 3. The van der Waals surface area contributed by atoms with Gasteiger partial charge in [0.15, 0.2) is 6.10 Å². The van der Waals surface area contributed by atoms with Gasteiger partial charge in [0.1, 0.15) is 13.2 Å². The summed E-state index contributed by atoms with van der Waals surface area (Å²) in [5.41, 5.74) is 0. The lowest BCUT2D eigenvalue weighted by molar-refractivity contribution is -0.167. The minimum absolute atomic E-state index is 0.0957. The fourth-order valence-electron chi connectivity index (χ4n) is 8.85. The molecule has 0 aliphatic rings. The molecule has 0 rings (SSSR count). The molecule has 0 aromatic rings. The standard InChI is InChI=1S/C73H120O6/c1-4-7-10-13-16-19-22-25-27-28-29-30-31-32-33-34-35-36-37-38-39-40-41-42-43-44-46-48-51-54-57-60-63-66-72(75)78-69-70(68-77-71(74)65-62-59-56-53-50-47-24-21-18-15-12-9-6-3)79-73(76)67-64-61-58-55-52-49-45-26-23-20-17-14-11-8-5-2/h7-12,16-21,25-27,29-30,32-33,45,47,50,70H,4-6,13-15,22-24,28,31,34-44,46,48-49,51-69H2,1-3H3/b10-7-,11-8-,12-9-,19-16-,20-17-,21-18-,27-25-,30-29-,33-32-,45-26-,50-47-. The molecule has 0 heterocycles. The predicted octanol–water partition coefficient (Wildman–Crippen LogP) is 22.5. The molecule has 6 nitrogen and oxygen atoms in total. The lowest BCUT2D eigenvalue weighted by atomic mass is 10.0. The number of carbonyl (C=O) groups is 3. The molecule has 0 amide bonds. The Kier molecular flexibility index (Phi) is 62.3. The van der Waals surface area contributed by atoms with E-state index in [-0.39, 0.29) is 31.1 Å². The SMILES string of the molecule is CC/C=C\C/C=C\C/C=C\C/C=C\C/C=C\CCCCCCCCCCCCCCCCCCCC(=O)OCC(COC(=O)CCCCC/C=C\C/C=C\C/C=C\CC)OC(=O)CCCCCCC/C=C\C/C=C\C/C=C\CC. The average Bonchev–Trinajstić information content (AvgIpc) is 3.45. The molecule has 0 fully saturated rings. The summed E-state index contributed by atoms with van der Waals surface area (Å²) in [4.78, 5) is 38.2. The zero-order valence-corrected chi connectivity index (χ0v) is 51.3. The van der Waals surface area contributed by atoms with Gasteiger partial charge in [-0.25, -0.2) is 0 Å². The maximum Gasteiger partial charge on any atom is 0.306 e. The number of esters is 3. The first-order chi connectivity index (χ1) is 39.0. The first kappa shape index (κ1) is 74.5. The number of hydrogen-bond acceptors (Lipinski definition) is 6. The Balaban J connectivity index is 4.19. The van der Waals surface area contributed by atoms with Crippen LogP contribution in [0.25, 0.3) is 0 Å². The van der Waals surface area contributed by atoms with Crippen molar-refractivity contribution in [3.63, 3.8) is 0 Å². The van der Waals surface area contributed by atoms with Gasteiger partial charge in [-0.2, -0.15) is 0 Å². The highest BCUT2D eigenvalue weighted by molar-refractivity contribution is 5.71. The largest absolute Gasteiger partial charge is 0.462 e. The van der Waals surface area contributed by atoms with Crippen LogP contribution < -0.4 is 0 Å². The van der Waals surface area contributed by atoms with Crippen LogP contribution in [0.5, 0.6) is 0 Å². The van der Waals surface area contributed by atoms with Crippen molar-refractivity contribution in [2.45, 2.75) is 297 Å².